The molecule has 1 fully saturated rings. The van der Waals surface area contributed by atoms with E-state index in [9.17, 15) is 4.79 Å². The summed E-state index contributed by atoms with van der Waals surface area (Å²) in [5, 5.41) is 7.06. The minimum Gasteiger partial charge on any atom is -0.337 e. The van der Waals surface area contributed by atoms with E-state index in [4.69, 9.17) is 4.52 Å². The number of nitrogens with zero attached hydrogens (tertiary/aromatic N) is 4. The van der Waals surface area contributed by atoms with Crippen molar-refractivity contribution < 1.29 is 9.32 Å². The van der Waals surface area contributed by atoms with Gasteiger partial charge in [-0.2, -0.15) is 4.98 Å². The molecule has 29 heavy (non-hydrogen) atoms. The van der Waals surface area contributed by atoms with Crippen LogP contribution in [0.5, 0.6) is 0 Å². The Morgan fingerprint density at radius 3 is 3.14 bits per heavy atom. The highest BCUT2D eigenvalue weighted by molar-refractivity contribution is 5.93. The van der Waals surface area contributed by atoms with Gasteiger partial charge in [0.25, 0.3) is 0 Å². The second kappa shape index (κ2) is 7.21. The number of rotatable bonds is 4. The lowest BCUT2D eigenvalue weighted by molar-refractivity contribution is 0.239. The van der Waals surface area contributed by atoms with E-state index >= 15 is 0 Å². The number of pyridine rings is 1. The lowest BCUT2D eigenvalue weighted by atomic mass is 10.0. The summed E-state index contributed by atoms with van der Waals surface area (Å²) in [7, 11) is 0. The summed E-state index contributed by atoms with van der Waals surface area (Å²) in [5.41, 5.74) is 3.86. The molecule has 1 aromatic carbocycles. The number of urea groups is 1. The van der Waals surface area contributed by atoms with Crippen LogP contribution >= 0.6 is 0 Å². The van der Waals surface area contributed by atoms with E-state index < -0.39 is 6.04 Å². The molecule has 2 aromatic heterocycles. The highest BCUT2D eigenvalue weighted by Crippen LogP contribution is 2.39. The van der Waals surface area contributed by atoms with E-state index in [2.05, 4.69) is 32.6 Å². The van der Waals surface area contributed by atoms with Gasteiger partial charge in [0.15, 0.2) is 0 Å². The lowest BCUT2D eigenvalue weighted by Gasteiger charge is -2.29. The van der Waals surface area contributed by atoms with Crippen LogP contribution < -0.4 is 10.2 Å². The molecule has 1 saturated carbocycles. The Hall–Kier alpha value is -3.40. The van der Waals surface area contributed by atoms with Gasteiger partial charge in [-0.25, -0.2) is 4.79 Å². The third-order valence-electron chi connectivity index (χ3n) is 5.39. The Labute approximate surface area is 169 Å². The molecule has 2 amide bonds. The first-order valence-electron chi connectivity index (χ1n) is 9.98. The number of nitrogens with one attached hydrogen (secondary N) is 1. The molecule has 5 rings (SSSR count). The normalized spacial score (nSPS) is 16.7. The quantitative estimate of drug-likeness (QED) is 0.735. The van der Waals surface area contributed by atoms with Gasteiger partial charge in [-0.3, -0.25) is 9.88 Å². The van der Waals surface area contributed by atoms with Crippen LogP contribution in [0.2, 0.25) is 0 Å². The summed E-state index contributed by atoms with van der Waals surface area (Å²) in [6.07, 6.45) is 5.97. The Morgan fingerprint density at radius 1 is 1.38 bits per heavy atom. The van der Waals surface area contributed by atoms with Crippen molar-refractivity contribution >= 4 is 11.7 Å². The minimum absolute atomic E-state index is 0.183. The number of amides is 2. The van der Waals surface area contributed by atoms with Crippen LogP contribution in [0.25, 0.3) is 11.4 Å². The van der Waals surface area contributed by atoms with Crippen LogP contribution in [0.3, 0.4) is 0 Å². The van der Waals surface area contributed by atoms with Gasteiger partial charge in [0.1, 0.15) is 6.04 Å². The zero-order valence-corrected chi connectivity index (χ0v) is 16.2. The summed E-state index contributed by atoms with van der Waals surface area (Å²) in [6, 6.07) is 13.1. The summed E-state index contributed by atoms with van der Waals surface area (Å²) in [4.78, 5) is 23.5. The van der Waals surface area contributed by atoms with Crippen LogP contribution in [0, 0.1) is 12.1 Å². The molecular weight excluding hydrogens is 366 g/mol. The molecule has 3 aromatic rings. The Kier molecular flexibility index (Phi) is 4.39. The van der Waals surface area contributed by atoms with E-state index in [0.717, 1.165) is 35.3 Å². The van der Waals surface area contributed by atoms with Crippen molar-refractivity contribution in [1.82, 2.24) is 20.4 Å². The molecule has 0 spiro atoms. The van der Waals surface area contributed by atoms with Gasteiger partial charge in [0.05, 0.1) is 5.69 Å². The zero-order valence-electron chi connectivity index (χ0n) is 16.2. The predicted molar refractivity (Wildman–Crippen MR) is 106 cm³/mol. The fourth-order valence-corrected chi connectivity index (χ4v) is 3.65. The van der Waals surface area contributed by atoms with Crippen LogP contribution in [0.4, 0.5) is 10.5 Å². The molecule has 7 nitrogen and oxygen atoms in total. The number of carbonyl (C=O) groups excluding carboxylic acids is 1. The van der Waals surface area contributed by atoms with Gasteiger partial charge in [0.2, 0.25) is 11.7 Å². The van der Waals surface area contributed by atoms with Gasteiger partial charge in [-0.15, -0.1) is 0 Å². The molecule has 2 aliphatic rings. The van der Waals surface area contributed by atoms with Gasteiger partial charge >= 0.3 is 6.03 Å². The molecule has 1 atom stereocenters. The van der Waals surface area contributed by atoms with E-state index in [-0.39, 0.29) is 6.03 Å². The van der Waals surface area contributed by atoms with Crippen molar-refractivity contribution in [3.63, 3.8) is 0 Å². The molecule has 3 heterocycles. The van der Waals surface area contributed by atoms with Crippen LogP contribution in [0.1, 0.15) is 55.3 Å². The predicted octanol–water partition coefficient (Wildman–Crippen LogP) is 3.83. The molecule has 1 N–H and O–H groups in total. The Bertz CT molecular complexity index is 1040. The average Bonchev–Trinajstić information content (AvgIpc) is 3.49. The topological polar surface area (TPSA) is 84.2 Å². The largest absolute Gasteiger partial charge is 0.337 e. The second-order valence-corrected chi connectivity index (χ2v) is 7.59. The van der Waals surface area contributed by atoms with Crippen molar-refractivity contribution in [2.45, 2.75) is 44.6 Å². The lowest BCUT2D eigenvalue weighted by Crippen LogP contribution is -2.43. The highest BCUT2D eigenvalue weighted by atomic mass is 16.5. The van der Waals surface area contributed by atoms with E-state index in [0.29, 0.717) is 24.2 Å². The molecule has 0 radical (unpaired) electrons. The van der Waals surface area contributed by atoms with E-state index in [1.54, 1.807) is 17.2 Å². The van der Waals surface area contributed by atoms with Crippen LogP contribution in [-0.2, 0) is 6.42 Å². The first-order valence-corrected chi connectivity index (χ1v) is 9.98. The fourth-order valence-electron chi connectivity index (χ4n) is 3.65. The number of hydrogen-bond donors (Lipinski definition) is 1. The molecule has 0 unspecified atom stereocenters. The standard InChI is InChI=1S/C22H21N5O2/c1-14(24-22(28)27-12-4-6-16-5-2-3-7-19(16)27)21-25-20(26-29-21)17-10-11-23-18(13-17)15-8-9-15/h3,7,10-11,13-15H,4,6,8-9,12H2,1H3,(H,24,28)/t14-/m0/s1. The third-order valence-corrected chi connectivity index (χ3v) is 5.39. The van der Waals surface area contributed by atoms with Gasteiger partial charge < -0.3 is 9.84 Å². The van der Waals surface area contributed by atoms with Crippen molar-refractivity contribution in [3.8, 4) is 11.4 Å². The number of anilines is 1. The maximum Gasteiger partial charge on any atom is 0.322 e. The third kappa shape index (κ3) is 3.54. The van der Waals surface area contributed by atoms with Crippen molar-refractivity contribution in [1.29, 1.82) is 0 Å². The summed E-state index contributed by atoms with van der Waals surface area (Å²) in [6.45, 7) is 2.51. The number of carbonyl (C=O) groups is 1. The Balaban J connectivity index is 1.30. The van der Waals surface area contributed by atoms with Gasteiger partial charge in [-0.05, 0) is 56.9 Å². The van der Waals surface area contributed by atoms with Crippen LogP contribution in [0.15, 0.2) is 35.0 Å². The molecule has 146 valence electrons. The summed E-state index contributed by atoms with van der Waals surface area (Å²) in [5.74, 6) is 1.45. The molecule has 1 aliphatic carbocycles. The molecule has 0 saturated heterocycles. The van der Waals surface area contributed by atoms with Crippen molar-refractivity contribution in [2.24, 2.45) is 0 Å². The summed E-state index contributed by atoms with van der Waals surface area (Å²) < 4.78 is 5.43. The van der Waals surface area contributed by atoms with Crippen molar-refractivity contribution in [3.05, 3.63) is 59.7 Å². The smallest absolute Gasteiger partial charge is 0.322 e. The SMILES string of the molecule is C[C@H](NC(=O)N1CCCc2c#cccc21)c1nc(-c2ccnc(C3CC3)c2)no1. The van der Waals surface area contributed by atoms with Crippen molar-refractivity contribution in [2.75, 3.05) is 11.4 Å². The van der Waals surface area contributed by atoms with E-state index in [1.165, 1.54) is 12.8 Å². The monoisotopic (exact) mass is 387 g/mol. The molecular formula is C22H21N5O2. The molecule has 1 aliphatic heterocycles. The van der Waals surface area contributed by atoms with E-state index in [1.807, 2.05) is 25.1 Å². The maximum atomic E-state index is 12.8. The van der Waals surface area contributed by atoms with Crippen LogP contribution in [-0.4, -0.2) is 27.7 Å². The first kappa shape index (κ1) is 17.7. The minimum atomic E-state index is -0.405. The molecule has 0 bridgehead atoms. The number of fused-ring (bicyclic) bond motifs is 1. The van der Waals surface area contributed by atoms with Gasteiger partial charge in [-0.1, -0.05) is 17.3 Å². The number of aromatic nitrogens is 3. The Morgan fingerprint density at radius 2 is 2.28 bits per heavy atom. The maximum absolute atomic E-state index is 12.8. The average molecular weight is 387 g/mol. The first-order chi connectivity index (χ1) is 14.2. The zero-order chi connectivity index (χ0) is 19.8. The van der Waals surface area contributed by atoms with Gasteiger partial charge in [0, 0.05) is 35.5 Å². The fraction of sp³-hybridized carbons (Fsp3) is 0.364. The number of hydrogen-bond acceptors (Lipinski definition) is 5. The second-order valence-electron chi connectivity index (χ2n) is 7.59. The molecule has 7 heteroatoms. The summed E-state index contributed by atoms with van der Waals surface area (Å²) >= 11 is 0. The highest BCUT2D eigenvalue weighted by Gasteiger charge is 2.27.